The second-order valence-corrected chi connectivity index (χ2v) is 6.01. The van der Waals surface area contributed by atoms with E-state index < -0.39 is 0 Å². The van der Waals surface area contributed by atoms with E-state index in [1.807, 2.05) is 6.92 Å². The molecule has 0 unspecified atom stereocenters. The molecule has 2 aromatic rings. The van der Waals surface area contributed by atoms with Crippen molar-refractivity contribution in [2.75, 3.05) is 5.32 Å². The smallest absolute Gasteiger partial charge is 0.277 e. The Kier molecular flexibility index (Phi) is 3.83. The highest BCUT2D eigenvalue weighted by Crippen LogP contribution is 2.29. The summed E-state index contributed by atoms with van der Waals surface area (Å²) in [6.45, 7) is 2.25. The van der Waals surface area contributed by atoms with E-state index in [0.29, 0.717) is 11.7 Å². The molecule has 6 nitrogen and oxygen atoms in total. The molecule has 0 saturated heterocycles. The van der Waals surface area contributed by atoms with Gasteiger partial charge in [0.2, 0.25) is 0 Å². The number of carbonyl (C=O) groups is 1. The number of anilines is 1. The number of hydrogen-bond acceptors (Lipinski definition) is 5. The first kappa shape index (κ1) is 13.9. The van der Waals surface area contributed by atoms with Gasteiger partial charge in [0.25, 0.3) is 11.5 Å². The minimum Gasteiger partial charge on any atom is -0.296 e. The van der Waals surface area contributed by atoms with E-state index in [2.05, 4.69) is 15.4 Å². The fourth-order valence-corrected chi connectivity index (χ4v) is 3.41. The quantitative estimate of drug-likeness (QED) is 0.939. The van der Waals surface area contributed by atoms with Gasteiger partial charge in [0.05, 0.1) is 5.69 Å². The minimum atomic E-state index is -0.330. The molecule has 1 aliphatic rings. The van der Waals surface area contributed by atoms with Gasteiger partial charge < -0.3 is 0 Å². The molecule has 1 N–H and O–H groups in total. The summed E-state index contributed by atoms with van der Waals surface area (Å²) in [5.74, 6) is -0.330. The molecule has 0 atom stereocenters. The lowest BCUT2D eigenvalue weighted by atomic mass is 10.0. The molecule has 0 bridgehead atoms. The van der Waals surface area contributed by atoms with Crippen LogP contribution in [0.2, 0.25) is 0 Å². The van der Waals surface area contributed by atoms with Gasteiger partial charge in [0.1, 0.15) is 5.69 Å². The number of fused-ring (bicyclic) bond motifs is 1. The molecule has 3 rings (SSSR count). The Morgan fingerprint density at radius 3 is 2.95 bits per heavy atom. The molecule has 0 aromatic carbocycles. The van der Waals surface area contributed by atoms with Gasteiger partial charge in [-0.2, -0.15) is 5.10 Å². The average molecular weight is 304 g/mol. The normalized spacial score (nSPS) is 13.8. The van der Waals surface area contributed by atoms with Gasteiger partial charge in [0.15, 0.2) is 5.13 Å². The van der Waals surface area contributed by atoms with E-state index in [-0.39, 0.29) is 17.2 Å². The second-order valence-electron chi connectivity index (χ2n) is 4.92. The molecule has 2 aromatic heterocycles. The lowest BCUT2D eigenvalue weighted by Gasteiger charge is -2.06. The molecular weight excluding hydrogens is 288 g/mol. The maximum absolute atomic E-state index is 12.2. The molecule has 2 heterocycles. The van der Waals surface area contributed by atoms with Crippen LogP contribution < -0.4 is 10.9 Å². The Bertz CT molecular complexity index is 711. The Morgan fingerprint density at radius 1 is 1.38 bits per heavy atom. The van der Waals surface area contributed by atoms with Crippen molar-refractivity contribution in [2.45, 2.75) is 39.2 Å². The summed E-state index contributed by atoms with van der Waals surface area (Å²) in [6, 6.07) is 2.80. The van der Waals surface area contributed by atoms with Crippen LogP contribution in [0.15, 0.2) is 16.9 Å². The average Bonchev–Trinajstić information content (AvgIpc) is 2.89. The number of hydrogen-bond donors (Lipinski definition) is 1. The first-order chi connectivity index (χ1) is 10.2. The zero-order valence-corrected chi connectivity index (χ0v) is 12.6. The van der Waals surface area contributed by atoms with E-state index in [1.165, 1.54) is 39.4 Å². The van der Waals surface area contributed by atoms with Crippen LogP contribution in [-0.4, -0.2) is 20.7 Å². The summed E-state index contributed by atoms with van der Waals surface area (Å²) in [5.41, 5.74) is 1.12. The lowest BCUT2D eigenvalue weighted by Crippen LogP contribution is -2.25. The van der Waals surface area contributed by atoms with Gasteiger partial charge >= 0.3 is 0 Å². The van der Waals surface area contributed by atoms with Gasteiger partial charge in [-0.1, -0.05) is 0 Å². The highest BCUT2D eigenvalue weighted by molar-refractivity contribution is 7.15. The highest BCUT2D eigenvalue weighted by Gasteiger charge is 2.17. The SMILES string of the molecule is CCn1nc(C(=O)Nc2nc3c(s2)CCCC3)ccc1=O. The Labute approximate surface area is 125 Å². The van der Waals surface area contributed by atoms with Crippen molar-refractivity contribution in [3.8, 4) is 0 Å². The second kappa shape index (κ2) is 5.77. The van der Waals surface area contributed by atoms with E-state index in [4.69, 9.17) is 0 Å². The van der Waals surface area contributed by atoms with Gasteiger partial charge in [0, 0.05) is 17.5 Å². The van der Waals surface area contributed by atoms with Crippen LogP contribution >= 0.6 is 11.3 Å². The molecule has 7 heteroatoms. The number of nitrogens with one attached hydrogen (secondary N) is 1. The van der Waals surface area contributed by atoms with Crippen molar-refractivity contribution in [3.05, 3.63) is 38.8 Å². The summed E-state index contributed by atoms with van der Waals surface area (Å²) < 4.78 is 1.27. The van der Waals surface area contributed by atoms with E-state index in [0.717, 1.165) is 25.0 Å². The van der Waals surface area contributed by atoms with Crippen LogP contribution in [0.4, 0.5) is 5.13 Å². The first-order valence-electron chi connectivity index (χ1n) is 7.05. The van der Waals surface area contributed by atoms with Crippen molar-refractivity contribution in [3.63, 3.8) is 0 Å². The number of amides is 1. The van der Waals surface area contributed by atoms with Crippen LogP contribution in [0, 0.1) is 0 Å². The summed E-state index contributed by atoms with van der Waals surface area (Å²) in [5, 5.41) is 7.43. The molecule has 0 saturated carbocycles. The van der Waals surface area contributed by atoms with Crippen molar-refractivity contribution in [1.82, 2.24) is 14.8 Å². The van der Waals surface area contributed by atoms with E-state index in [9.17, 15) is 9.59 Å². The van der Waals surface area contributed by atoms with Crippen LogP contribution in [0.1, 0.15) is 40.8 Å². The number of aryl methyl sites for hydroxylation is 3. The van der Waals surface area contributed by atoms with Gasteiger partial charge in [-0.3, -0.25) is 14.9 Å². The molecule has 0 spiro atoms. The summed E-state index contributed by atoms with van der Waals surface area (Å²) in [7, 11) is 0. The third-order valence-electron chi connectivity index (χ3n) is 3.46. The minimum absolute atomic E-state index is 0.209. The molecule has 110 valence electrons. The number of rotatable bonds is 3. The molecule has 1 amide bonds. The molecule has 1 aliphatic carbocycles. The Morgan fingerprint density at radius 2 is 2.19 bits per heavy atom. The molecule has 0 radical (unpaired) electrons. The fraction of sp³-hybridized carbons (Fsp3) is 0.429. The predicted octanol–water partition coefficient (Wildman–Crippen LogP) is 1.85. The summed E-state index contributed by atoms with van der Waals surface area (Å²) >= 11 is 1.53. The third-order valence-corrected chi connectivity index (χ3v) is 4.54. The van der Waals surface area contributed by atoms with Crippen molar-refractivity contribution >= 4 is 22.4 Å². The van der Waals surface area contributed by atoms with Crippen molar-refractivity contribution < 1.29 is 4.79 Å². The number of aromatic nitrogens is 3. The fourth-order valence-electron chi connectivity index (χ4n) is 2.36. The monoisotopic (exact) mass is 304 g/mol. The first-order valence-corrected chi connectivity index (χ1v) is 7.87. The standard InChI is InChI=1S/C14H16N4O2S/c1-2-18-12(19)8-7-10(17-18)13(20)16-14-15-9-5-3-4-6-11(9)21-14/h7-8H,2-6H2,1H3,(H,15,16,20). The Hall–Kier alpha value is -2.02. The number of nitrogens with zero attached hydrogens (tertiary/aromatic N) is 3. The summed E-state index contributed by atoms with van der Waals surface area (Å²) in [6.07, 6.45) is 4.38. The summed E-state index contributed by atoms with van der Waals surface area (Å²) in [4.78, 5) is 29.4. The lowest BCUT2D eigenvalue weighted by molar-refractivity contribution is 0.102. The maximum Gasteiger partial charge on any atom is 0.277 e. The van der Waals surface area contributed by atoms with Gasteiger partial charge in [-0.25, -0.2) is 9.67 Å². The van der Waals surface area contributed by atoms with E-state index in [1.54, 1.807) is 0 Å². The van der Waals surface area contributed by atoms with E-state index >= 15 is 0 Å². The van der Waals surface area contributed by atoms with Crippen LogP contribution in [0.3, 0.4) is 0 Å². The Balaban J connectivity index is 1.80. The number of carbonyl (C=O) groups excluding carboxylic acids is 1. The molecule has 0 fully saturated rings. The van der Waals surface area contributed by atoms with Crippen LogP contribution in [0.5, 0.6) is 0 Å². The number of thiazole rings is 1. The van der Waals surface area contributed by atoms with Crippen molar-refractivity contribution in [1.29, 1.82) is 0 Å². The molecule has 0 aliphatic heterocycles. The molecular formula is C14H16N4O2S. The van der Waals surface area contributed by atoms with Crippen LogP contribution in [0.25, 0.3) is 0 Å². The van der Waals surface area contributed by atoms with Gasteiger partial charge in [-0.05, 0) is 38.7 Å². The zero-order valence-electron chi connectivity index (χ0n) is 11.8. The largest absolute Gasteiger partial charge is 0.296 e. The third kappa shape index (κ3) is 2.87. The zero-order chi connectivity index (χ0) is 14.8. The van der Waals surface area contributed by atoms with Crippen LogP contribution in [-0.2, 0) is 19.4 Å². The van der Waals surface area contributed by atoms with Crippen molar-refractivity contribution in [2.24, 2.45) is 0 Å². The topological polar surface area (TPSA) is 76.9 Å². The predicted molar refractivity (Wildman–Crippen MR) is 80.9 cm³/mol. The van der Waals surface area contributed by atoms with Gasteiger partial charge in [-0.15, -0.1) is 11.3 Å². The molecule has 21 heavy (non-hydrogen) atoms. The maximum atomic E-state index is 12.2. The highest BCUT2D eigenvalue weighted by atomic mass is 32.1.